The Bertz CT molecular complexity index is 432. The molecule has 0 saturated carbocycles. The molecule has 3 nitrogen and oxygen atoms in total. The van der Waals surface area contributed by atoms with Crippen molar-refractivity contribution in [3.63, 3.8) is 0 Å². The van der Waals surface area contributed by atoms with Gasteiger partial charge in [-0.05, 0) is 50.5 Å². The van der Waals surface area contributed by atoms with Crippen LogP contribution in [0.3, 0.4) is 0 Å². The van der Waals surface area contributed by atoms with Crippen molar-refractivity contribution < 1.29 is 0 Å². The van der Waals surface area contributed by atoms with Crippen LogP contribution < -0.4 is 5.73 Å². The van der Waals surface area contributed by atoms with Crippen molar-refractivity contribution >= 4 is 0 Å². The molecule has 2 atom stereocenters. The number of rotatable bonds is 7. The van der Waals surface area contributed by atoms with E-state index in [0.717, 1.165) is 19.5 Å². The Morgan fingerprint density at radius 1 is 1.33 bits per heavy atom. The summed E-state index contributed by atoms with van der Waals surface area (Å²) in [5.74, 6) is 0. The molecule has 1 saturated heterocycles. The summed E-state index contributed by atoms with van der Waals surface area (Å²) in [5, 5.41) is 0. The first-order valence-electron chi connectivity index (χ1n) is 8.43. The highest BCUT2D eigenvalue weighted by Crippen LogP contribution is 2.25. The minimum absolute atomic E-state index is 0.334. The van der Waals surface area contributed by atoms with Crippen molar-refractivity contribution in [2.75, 3.05) is 33.2 Å². The van der Waals surface area contributed by atoms with Gasteiger partial charge in [0, 0.05) is 25.2 Å². The third-order valence-electron chi connectivity index (χ3n) is 4.95. The van der Waals surface area contributed by atoms with Crippen LogP contribution in [0.15, 0.2) is 24.3 Å². The fourth-order valence-corrected chi connectivity index (χ4v) is 3.70. The minimum Gasteiger partial charge on any atom is -0.329 e. The highest BCUT2D eigenvalue weighted by Gasteiger charge is 2.27. The second-order valence-electron chi connectivity index (χ2n) is 6.17. The van der Waals surface area contributed by atoms with Gasteiger partial charge in [-0.25, -0.2) is 0 Å². The van der Waals surface area contributed by atoms with E-state index in [2.05, 4.69) is 55.0 Å². The number of likely N-dealkylation sites (N-methyl/N-ethyl adjacent to an activating group) is 2. The molecule has 1 aliphatic rings. The molecule has 0 bridgehead atoms. The summed E-state index contributed by atoms with van der Waals surface area (Å²) < 4.78 is 0. The van der Waals surface area contributed by atoms with Gasteiger partial charge in [0.2, 0.25) is 0 Å². The first kappa shape index (κ1) is 16.5. The molecule has 1 aromatic carbocycles. The molecule has 2 unspecified atom stereocenters. The molecule has 1 aromatic rings. The van der Waals surface area contributed by atoms with Gasteiger partial charge in [-0.15, -0.1) is 0 Å². The quantitative estimate of drug-likeness (QED) is 0.837. The van der Waals surface area contributed by atoms with E-state index >= 15 is 0 Å². The van der Waals surface area contributed by atoms with Crippen molar-refractivity contribution in [2.24, 2.45) is 5.73 Å². The van der Waals surface area contributed by atoms with Crippen LogP contribution in [-0.2, 0) is 6.42 Å². The van der Waals surface area contributed by atoms with Crippen LogP contribution in [0.4, 0.5) is 0 Å². The Kier molecular flexibility index (Phi) is 6.22. The summed E-state index contributed by atoms with van der Waals surface area (Å²) in [6, 6.07) is 9.78. The van der Waals surface area contributed by atoms with Gasteiger partial charge < -0.3 is 5.73 Å². The van der Waals surface area contributed by atoms with Gasteiger partial charge in [-0.1, -0.05) is 38.1 Å². The predicted octanol–water partition coefficient (Wildman–Crippen LogP) is 2.66. The maximum absolute atomic E-state index is 6.12. The van der Waals surface area contributed by atoms with Gasteiger partial charge in [0.05, 0.1) is 0 Å². The molecule has 0 spiro atoms. The Morgan fingerprint density at radius 2 is 2.10 bits per heavy atom. The maximum atomic E-state index is 6.12. The Balaban J connectivity index is 2.09. The lowest BCUT2D eigenvalue weighted by Crippen LogP contribution is -2.42. The van der Waals surface area contributed by atoms with Gasteiger partial charge in [0.15, 0.2) is 0 Å². The topological polar surface area (TPSA) is 32.5 Å². The fourth-order valence-electron chi connectivity index (χ4n) is 3.70. The summed E-state index contributed by atoms with van der Waals surface area (Å²) in [6.07, 6.45) is 3.74. The second kappa shape index (κ2) is 7.92. The third-order valence-corrected chi connectivity index (χ3v) is 4.95. The standard InChI is InChI=1S/C18H31N3/c1-4-15-9-6-7-11-17(15)18(13-19)20(3)14-16-10-8-12-21(16)5-2/h6-7,9,11,16,18H,4-5,8,10,12-14,19H2,1-3H3. The zero-order valence-corrected chi connectivity index (χ0v) is 13.9. The fraction of sp³-hybridized carbons (Fsp3) is 0.667. The lowest BCUT2D eigenvalue weighted by atomic mass is 9.97. The number of hydrogen-bond donors (Lipinski definition) is 1. The van der Waals surface area contributed by atoms with Gasteiger partial charge in [0.25, 0.3) is 0 Å². The third kappa shape index (κ3) is 3.85. The monoisotopic (exact) mass is 289 g/mol. The summed E-state index contributed by atoms with van der Waals surface area (Å²) in [7, 11) is 2.23. The van der Waals surface area contributed by atoms with E-state index in [0.29, 0.717) is 18.6 Å². The van der Waals surface area contributed by atoms with E-state index in [9.17, 15) is 0 Å². The van der Waals surface area contributed by atoms with E-state index in [1.54, 1.807) is 0 Å². The molecule has 2 N–H and O–H groups in total. The lowest BCUT2D eigenvalue weighted by molar-refractivity contribution is 0.165. The van der Waals surface area contributed by atoms with E-state index in [1.165, 1.54) is 30.5 Å². The number of aryl methyl sites for hydroxylation is 1. The van der Waals surface area contributed by atoms with Crippen molar-refractivity contribution in [1.29, 1.82) is 0 Å². The Labute approximate surface area is 130 Å². The molecular weight excluding hydrogens is 258 g/mol. The lowest BCUT2D eigenvalue weighted by Gasteiger charge is -2.33. The van der Waals surface area contributed by atoms with Gasteiger partial charge >= 0.3 is 0 Å². The van der Waals surface area contributed by atoms with E-state index in [-0.39, 0.29) is 0 Å². The normalized spacial score (nSPS) is 21.1. The van der Waals surface area contributed by atoms with Crippen LogP contribution in [0.25, 0.3) is 0 Å². The molecule has 3 heteroatoms. The van der Waals surface area contributed by atoms with Crippen LogP contribution in [0, 0.1) is 0 Å². The maximum Gasteiger partial charge on any atom is 0.0470 e. The predicted molar refractivity (Wildman–Crippen MR) is 90.5 cm³/mol. The number of hydrogen-bond acceptors (Lipinski definition) is 3. The Morgan fingerprint density at radius 3 is 2.76 bits per heavy atom. The van der Waals surface area contributed by atoms with Crippen LogP contribution in [0.5, 0.6) is 0 Å². The van der Waals surface area contributed by atoms with Crippen LogP contribution in [-0.4, -0.2) is 49.1 Å². The second-order valence-corrected chi connectivity index (χ2v) is 6.17. The number of nitrogens with two attached hydrogens (primary N) is 1. The molecule has 2 rings (SSSR count). The highest BCUT2D eigenvalue weighted by molar-refractivity contribution is 5.30. The molecule has 0 aliphatic carbocycles. The average molecular weight is 289 g/mol. The van der Waals surface area contributed by atoms with Crippen LogP contribution in [0.2, 0.25) is 0 Å². The smallest absolute Gasteiger partial charge is 0.0470 e. The first-order valence-corrected chi connectivity index (χ1v) is 8.43. The molecule has 1 heterocycles. The average Bonchev–Trinajstić information content (AvgIpc) is 2.95. The molecular formula is C18H31N3. The molecule has 118 valence electrons. The van der Waals surface area contributed by atoms with Crippen LogP contribution in [0.1, 0.15) is 43.9 Å². The van der Waals surface area contributed by atoms with E-state index in [4.69, 9.17) is 5.73 Å². The van der Waals surface area contributed by atoms with Crippen molar-refractivity contribution in [3.05, 3.63) is 35.4 Å². The zero-order chi connectivity index (χ0) is 15.2. The molecule has 1 fully saturated rings. The number of nitrogens with zero attached hydrogens (tertiary/aromatic N) is 2. The molecule has 1 aliphatic heterocycles. The minimum atomic E-state index is 0.334. The number of benzene rings is 1. The first-order chi connectivity index (χ1) is 10.2. The highest BCUT2D eigenvalue weighted by atomic mass is 15.2. The molecule has 21 heavy (non-hydrogen) atoms. The summed E-state index contributed by atoms with van der Waals surface area (Å²) in [6.45, 7) is 8.72. The van der Waals surface area contributed by atoms with Crippen molar-refractivity contribution in [3.8, 4) is 0 Å². The van der Waals surface area contributed by atoms with E-state index in [1.807, 2.05) is 0 Å². The Hall–Kier alpha value is -0.900. The molecule has 0 aromatic heterocycles. The van der Waals surface area contributed by atoms with Crippen molar-refractivity contribution in [2.45, 2.75) is 45.2 Å². The number of likely N-dealkylation sites (tertiary alicyclic amines) is 1. The van der Waals surface area contributed by atoms with Gasteiger partial charge in [0.1, 0.15) is 0 Å². The molecule has 0 amide bonds. The summed E-state index contributed by atoms with van der Waals surface area (Å²) in [5.41, 5.74) is 8.95. The van der Waals surface area contributed by atoms with Gasteiger partial charge in [-0.3, -0.25) is 9.80 Å². The van der Waals surface area contributed by atoms with Gasteiger partial charge in [-0.2, -0.15) is 0 Å². The molecule has 0 radical (unpaired) electrons. The SMILES string of the molecule is CCc1ccccc1C(CN)N(C)CC1CCCN1CC. The van der Waals surface area contributed by atoms with Crippen LogP contribution >= 0.6 is 0 Å². The zero-order valence-electron chi connectivity index (χ0n) is 13.9. The van der Waals surface area contributed by atoms with Crippen molar-refractivity contribution in [1.82, 2.24) is 9.80 Å². The summed E-state index contributed by atoms with van der Waals surface area (Å²) >= 11 is 0. The van der Waals surface area contributed by atoms with E-state index < -0.39 is 0 Å². The summed E-state index contributed by atoms with van der Waals surface area (Å²) in [4.78, 5) is 5.07. The largest absolute Gasteiger partial charge is 0.329 e.